The lowest BCUT2D eigenvalue weighted by molar-refractivity contribution is -0.117. The number of nitrogens with zero attached hydrogens (tertiary/aromatic N) is 1. The van der Waals surface area contributed by atoms with E-state index in [1.165, 1.54) is 0 Å². The molecule has 27 heavy (non-hydrogen) atoms. The first-order valence-corrected chi connectivity index (χ1v) is 9.34. The summed E-state index contributed by atoms with van der Waals surface area (Å²) in [5, 5.41) is 12.8. The molecule has 4 rings (SSSR count). The van der Waals surface area contributed by atoms with E-state index in [1.807, 2.05) is 13.0 Å². The molecule has 0 aromatic carbocycles. The Hall–Kier alpha value is -2.53. The van der Waals surface area contributed by atoms with Gasteiger partial charge in [-0.3, -0.25) is 9.89 Å². The van der Waals surface area contributed by atoms with Gasteiger partial charge in [0, 0.05) is 23.6 Å². The van der Waals surface area contributed by atoms with E-state index >= 15 is 0 Å². The van der Waals surface area contributed by atoms with Gasteiger partial charge in [0.15, 0.2) is 5.82 Å². The van der Waals surface area contributed by atoms with Gasteiger partial charge in [-0.2, -0.15) is 5.10 Å². The fraction of sp³-hybridized carbons (Fsp3) is 0.632. The number of aromatic amines is 1. The highest BCUT2D eigenvalue weighted by molar-refractivity contribution is 5.94. The van der Waals surface area contributed by atoms with Gasteiger partial charge in [-0.15, -0.1) is 12.3 Å². The summed E-state index contributed by atoms with van der Waals surface area (Å²) in [5.41, 5.74) is 0.631. The normalized spacial score (nSPS) is 30.7. The lowest BCUT2D eigenvalue weighted by Crippen LogP contribution is -2.60. The number of carbonyl (C=O) groups is 2. The first-order valence-electron chi connectivity index (χ1n) is 9.34. The van der Waals surface area contributed by atoms with Gasteiger partial charge in [-0.25, -0.2) is 4.79 Å². The molecule has 3 aliphatic rings. The summed E-state index contributed by atoms with van der Waals surface area (Å²) >= 11 is 0. The topological polar surface area (TPSA) is 105 Å². The van der Waals surface area contributed by atoms with E-state index in [9.17, 15) is 9.59 Å². The zero-order valence-corrected chi connectivity index (χ0v) is 15.3. The van der Waals surface area contributed by atoms with Crippen molar-refractivity contribution in [2.24, 2.45) is 11.8 Å². The molecule has 1 aromatic heterocycles. The molecule has 144 valence electrons. The smallest absolute Gasteiger partial charge is 0.407 e. The van der Waals surface area contributed by atoms with Crippen LogP contribution in [-0.2, 0) is 14.3 Å². The molecule has 3 fully saturated rings. The van der Waals surface area contributed by atoms with E-state index < -0.39 is 6.09 Å². The van der Waals surface area contributed by atoms with Crippen LogP contribution in [0, 0.1) is 24.2 Å². The molecule has 8 heteroatoms. The van der Waals surface area contributed by atoms with Crippen molar-refractivity contribution in [3.05, 3.63) is 11.8 Å². The highest BCUT2D eigenvalue weighted by Crippen LogP contribution is 2.39. The first kappa shape index (κ1) is 17.9. The zero-order valence-electron chi connectivity index (χ0n) is 15.3. The van der Waals surface area contributed by atoms with Gasteiger partial charge in [0.05, 0.1) is 24.7 Å². The standard InChI is InChI=1S/C19H24N4O4/c1-3-11-7-14(11)17(24)20-16-8-15(22-23-16)12-4-5-13(6-12)27-18(25)21-19(2)9-26-10-19/h1,8,11-14H,4-7,9-10H2,2H3,(H,21,25)(H2,20,22,23,24)/t11-,12-,13+,14-/m0/s1. The molecule has 1 aliphatic heterocycles. The van der Waals surface area contributed by atoms with Crippen molar-refractivity contribution in [3.63, 3.8) is 0 Å². The van der Waals surface area contributed by atoms with Crippen LogP contribution < -0.4 is 10.6 Å². The number of H-pyrrole nitrogens is 1. The molecule has 0 radical (unpaired) electrons. The number of alkyl carbamates (subject to hydrolysis) is 1. The largest absolute Gasteiger partial charge is 0.446 e. The maximum Gasteiger partial charge on any atom is 0.407 e. The Morgan fingerprint density at radius 3 is 2.89 bits per heavy atom. The number of terminal acetylenes is 1. The number of anilines is 1. The number of ether oxygens (including phenoxy) is 2. The van der Waals surface area contributed by atoms with E-state index in [0.29, 0.717) is 19.0 Å². The molecule has 2 aliphatic carbocycles. The minimum atomic E-state index is -0.392. The number of aromatic nitrogens is 2. The van der Waals surface area contributed by atoms with Crippen molar-refractivity contribution in [2.45, 2.75) is 50.2 Å². The van der Waals surface area contributed by atoms with E-state index in [1.54, 1.807) is 0 Å². The van der Waals surface area contributed by atoms with E-state index in [2.05, 4.69) is 26.8 Å². The van der Waals surface area contributed by atoms with Crippen LogP contribution in [0.15, 0.2) is 6.07 Å². The molecule has 1 aromatic rings. The van der Waals surface area contributed by atoms with E-state index in [-0.39, 0.29) is 35.3 Å². The van der Waals surface area contributed by atoms with Crippen LogP contribution in [-0.4, -0.2) is 47.1 Å². The number of hydrogen-bond donors (Lipinski definition) is 3. The maximum atomic E-state index is 12.1. The van der Waals surface area contributed by atoms with Crippen LogP contribution in [0.5, 0.6) is 0 Å². The Labute approximate surface area is 157 Å². The predicted molar refractivity (Wildman–Crippen MR) is 96.9 cm³/mol. The molecule has 0 spiro atoms. The molecule has 8 nitrogen and oxygen atoms in total. The van der Waals surface area contributed by atoms with Gasteiger partial charge in [0.2, 0.25) is 5.91 Å². The third-order valence-electron chi connectivity index (χ3n) is 5.53. The van der Waals surface area contributed by atoms with E-state index in [0.717, 1.165) is 31.4 Å². The summed E-state index contributed by atoms with van der Waals surface area (Å²) in [5.74, 6) is 3.22. The molecule has 4 atom stereocenters. The van der Waals surface area contributed by atoms with Crippen molar-refractivity contribution in [2.75, 3.05) is 18.5 Å². The highest BCUT2D eigenvalue weighted by atomic mass is 16.6. The van der Waals surface area contributed by atoms with Gasteiger partial charge in [0.25, 0.3) is 0 Å². The summed E-state index contributed by atoms with van der Waals surface area (Å²) in [7, 11) is 0. The molecule has 0 bridgehead atoms. The van der Waals surface area contributed by atoms with Crippen LogP contribution in [0.2, 0.25) is 0 Å². The van der Waals surface area contributed by atoms with Gasteiger partial charge in [-0.05, 0) is 32.6 Å². The molecule has 2 amide bonds. The molecule has 2 saturated carbocycles. The molecular weight excluding hydrogens is 348 g/mol. The average Bonchev–Trinajstić information content (AvgIpc) is 3.02. The summed E-state index contributed by atoms with van der Waals surface area (Å²) in [6, 6.07) is 1.85. The molecule has 1 saturated heterocycles. The molecule has 3 N–H and O–H groups in total. The van der Waals surface area contributed by atoms with E-state index in [4.69, 9.17) is 15.9 Å². The molecular formula is C19H24N4O4. The van der Waals surface area contributed by atoms with Crippen LogP contribution >= 0.6 is 0 Å². The van der Waals surface area contributed by atoms with Gasteiger partial charge in [0.1, 0.15) is 6.10 Å². The fourth-order valence-corrected chi connectivity index (χ4v) is 3.73. The lowest BCUT2D eigenvalue weighted by Gasteiger charge is -2.38. The van der Waals surface area contributed by atoms with Crippen molar-refractivity contribution in [3.8, 4) is 12.3 Å². The molecule has 2 heterocycles. The van der Waals surface area contributed by atoms with Gasteiger partial charge in [-0.1, -0.05) is 0 Å². The maximum absolute atomic E-state index is 12.1. The molecule has 0 unspecified atom stereocenters. The monoisotopic (exact) mass is 372 g/mol. The highest BCUT2D eigenvalue weighted by Gasteiger charge is 2.42. The third kappa shape index (κ3) is 3.93. The number of carbonyl (C=O) groups excluding carboxylic acids is 2. The van der Waals surface area contributed by atoms with Gasteiger partial charge < -0.3 is 20.1 Å². The second-order valence-electron chi connectivity index (χ2n) is 8.03. The number of hydrogen-bond acceptors (Lipinski definition) is 5. The Morgan fingerprint density at radius 1 is 1.41 bits per heavy atom. The SMILES string of the molecule is C#C[C@H]1C[C@@H]1C(=O)Nc1cc([C@H]2CC[C@@H](OC(=O)NC3(C)COC3)C2)[nH]n1. The van der Waals surface area contributed by atoms with Crippen LogP contribution in [0.3, 0.4) is 0 Å². The van der Waals surface area contributed by atoms with Crippen LogP contribution in [0.1, 0.15) is 44.2 Å². The third-order valence-corrected chi connectivity index (χ3v) is 5.53. The summed E-state index contributed by atoms with van der Waals surface area (Å²) < 4.78 is 10.7. The van der Waals surface area contributed by atoms with Crippen LogP contribution in [0.4, 0.5) is 10.6 Å². The average molecular weight is 372 g/mol. The predicted octanol–water partition coefficient (Wildman–Crippen LogP) is 1.77. The summed E-state index contributed by atoms with van der Waals surface area (Å²) in [6.07, 6.45) is 8.00. The zero-order chi connectivity index (χ0) is 19.0. The van der Waals surface area contributed by atoms with Crippen LogP contribution in [0.25, 0.3) is 0 Å². The lowest BCUT2D eigenvalue weighted by atomic mass is 10.0. The fourth-order valence-electron chi connectivity index (χ4n) is 3.73. The number of nitrogens with one attached hydrogen (secondary N) is 3. The number of amides is 2. The minimum absolute atomic E-state index is 0.0519. The second-order valence-corrected chi connectivity index (χ2v) is 8.03. The van der Waals surface area contributed by atoms with Crippen molar-refractivity contribution in [1.82, 2.24) is 15.5 Å². The second kappa shape index (κ2) is 6.89. The summed E-state index contributed by atoms with van der Waals surface area (Å²) in [6.45, 7) is 2.96. The minimum Gasteiger partial charge on any atom is -0.446 e. The number of rotatable bonds is 5. The first-order chi connectivity index (χ1) is 13.0. The van der Waals surface area contributed by atoms with Gasteiger partial charge >= 0.3 is 6.09 Å². The van der Waals surface area contributed by atoms with Crippen molar-refractivity contribution < 1.29 is 19.1 Å². The Kier molecular flexibility index (Phi) is 4.56. The Balaban J connectivity index is 1.25. The summed E-state index contributed by atoms with van der Waals surface area (Å²) in [4.78, 5) is 24.1. The van der Waals surface area contributed by atoms with Crippen molar-refractivity contribution in [1.29, 1.82) is 0 Å². The Bertz CT molecular complexity index is 779. The Morgan fingerprint density at radius 2 is 2.22 bits per heavy atom. The van der Waals surface area contributed by atoms with Crippen molar-refractivity contribution >= 4 is 17.8 Å². The quantitative estimate of drug-likeness (QED) is 0.683.